The number of carbonyl (C=O) groups excluding carboxylic acids is 2. The van der Waals surface area contributed by atoms with Crippen LogP contribution in [0.1, 0.15) is 77.4 Å². The minimum atomic E-state index is -0.438. The highest BCUT2D eigenvalue weighted by atomic mass is 19.1. The van der Waals surface area contributed by atoms with Gasteiger partial charge in [0.25, 0.3) is 0 Å². The Bertz CT molecular complexity index is 3610. The van der Waals surface area contributed by atoms with Gasteiger partial charge in [0.1, 0.15) is 5.82 Å². The Labute approximate surface area is 431 Å². The summed E-state index contributed by atoms with van der Waals surface area (Å²) < 4.78 is 23.8. The first kappa shape index (κ1) is 46.6. The molecule has 14 rings (SSSR count). The average molecular weight is 961 g/mol. The van der Waals surface area contributed by atoms with Gasteiger partial charge in [-0.05, 0) is 145 Å². The number of halogens is 1. The molecule has 0 saturated heterocycles. The molecule has 2 aliphatic heterocycles. The number of nitrogens with one attached hydrogen (secondary N) is 1. The Balaban J connectivity index is 0.000000146. The van der Waals surface area contributed by atoms with Crippen LogP contribution in [0, 0.1) is 5.82 Å². The maximum absolute atomic E-state index is 14.1. The Morgan fingerprint density at radius 1 is 0.384 bits per heavy atom. The molecule has 1 N–H and O–H groups in total. The van der Waals surface area contributed by atoms with Gasteiger partial charge in [-0.1, -0.05) is 148 Å². The van der Waals surface area contributed by atoms with Crippen molar-refractivity contribution >= 4 is 62.8 Å². The number of anilines is 9. The van der Waals surface area contributed by atoms with Crippen LogP contribution in [0.3, 0.4) is 0 Å². The summed E-state index contributed by atoms with van der Waals surface area (Å²) in [4.78, 5) is 33.6. The quantitative estimate of drug-likeness (QED) is 0.190. The Morgan fingerprint density at radius 2 is 0.753 bits per heavy atom. The van der Waals surface area contributed by atoms with Crippen molar-refractivity contribution in [1.29, 1.82) is 0 Å². The van der Waals surface area contributed by atoms with E-state index in [9.17, 15) is 14.0 Å². The molecule has 2 heterocycles. The first-order valence-electron chi connectivity index (χ1n) is 25.3. The second-order valence-corrected chi connectivity index (χ2v) is 18.8. The van der Waals surface area contributed by atoms with Crippen LogP contribution in [0.25, 0.3) is 44.5 Å². The Morgan fingerprint density at radius 3 is 1.26 bits per heavy atom. The van der Waals surface area contributed by atoms with Gasteiger partial charge < -0.3 is 20.0 Å². The van der Waals surface area contributed by atoms with Crippen LogP contribution in [0.5, 0.6) is 0 Å². The lowest BCUT2D eigenvalue weighted by atomic mass is 9.98. The van der Waals surface area contributed by atoms with Gasteiger partial charge in [0.2, 0.25) is 0 Å². The summed E-state index contributed by atoms with van der Waals surface area (Å²) in [5.74, 6) is -0.537. The zero-order valence-corrected chi connectivity index (χ0v) is 39.8. The van der Waals surface area contributed by atoms with Crippen LogP contribution in [0.15, 0.2) is 206 Å². The highest BCUT2D eigenvalue weighted by Crippen LogP contribution is 2.56. The molecule has 0 saturated carbocycles. The van der Waals surface area contributed by atoms with Crippen LogP contribution in [0.4, 0.5) is 55.6 Å². The van der Waals surface area contributed by atoms with Crippen molar-refractivity contribution < 1.29 is 16.9 Å². The maximum atomic E-state index is 14.1. The molecule has 6 aromatic carbocycles. The van der Waals surface area contributed by atoms with E-state index >= 15 is 0 Å². The van der Waals surface area contributed by atoms with Crippen LogP contribution in [0.2, 0.25) is 0 Å². The van der Waals surface area contributed by atoms with E-state index in [1.807, 2.05) is 54.6 Å². The molecular formula is C66H59FN4O2. The van der Waals surface area contributed by atoms with Crippen molar-refractivity contribution in [2.24, 2.45) is 0 Å². The van der Waals surface area contributed by atoms with Crippen LogP contribution < -0.4 is 20.0 Å². The zero-order chi connectivity index (χ0) is 50.5. The number of ketones is 2. The molecule has 0 bridgehead atoms. The van der Waals surface area contributed by atoms with Crippen molar-refractivity contribution in [3.63, 3.8) is 0 Å². The third kappa shape index (κ3) is 7.71. The fourth-order valence-corrected chi connectivity index (χ4v) is 11.1. The summed E-state index contributed by atoms with van der Waals surface area (Å²) >= 11 is 0. The third-order valence-electron chi connectivity index (χ3n) is 14.0. The van der Waals surface area contributed by atoms with Crippen molar-refractivity contribution in [1.82, 2.24) is 0 Å². The van der Waals surface area contributed by atoms with Crippen molar-refractivity contribution in [3.05, 3.63) is 234 Å². The van der Waals surface area contributed by atoms with Gasteiger partial charge in [-0.25, -0.2) is 4.39 Å². The molecule has 0 aromatic heterocycles. The Hall–Kier alpha value is -8.81. The van der Waals surface area contributed by atoms with E-state index < -0.39 is 5.82 Å². The molecule has 6 aromatic rings. The van der Waals surface area contributed by atoms with E-state index in [-0.39, 0.29) is 32.0 Å². The first-order valence-corrected chi connectivity index (χ1v) is 24.3. The highest BCUT2D eigenvalue weighted by Gasteiger charge is 2.39. The van der Waals surface area contributed by atoms with Gasteiger partial charge in [-0.15, -0.1) is 0 Å². The topological polar surface area (TPSA) is 55.9 Å². The van der Waals surface area contributed by atoms with Crippen molar-refractivity contribution in [2.75, 3.05) is 20.0 Å². The number of rotatable bonds is 3. The zero-order valence-electron chi connectivity index (χ0n) is 41.8. The summed E-state index contributed by atoms with van der Waals surface area (Å²) in [5.41, 5.74) is 20.3. The second kappa shape index (κ2) is 19.1. The van der Waals surface area contributed by atoms with E-state index in [1.54, 1.807) is 12.1 Å². The molecular weight excluding hydrogens is 900 g/mol. The minimum Gasteiger partial charge on any atom is -0.352 e. The number of carbonyl (C=O) groups is 2. The summed E-state index contributed by atoms with van der Waals surface area (Å²) in [6, 6.07) is 69.6. The first-order chi connectivity index (χ1) is 35.7. The lowest BCUT2D eigenvalue weighted by Gasteiger charge is -2.42. The largest absolute Gasteiger partial charge is 0.352 e. The van der Waals surface area contributed by atoms with E-state index in [0.717, 1.165) is 78.5 Å². The monoisotopic (exact) mass is 960 g/mol. The number of hydrogen-bond donors (Lipinski definition) is 1. The molecule has 0 unspecified atom stereocenters. The van der Waals surface area contributed by atoms with E-state index in [1.165, 1.54) is 28.8 Å². The summed E-state index contributed by atoms with van der Waals surface area (Å²) in [6.45, 7) is 8.88. The number of hydrogen-bond acceptors (Lipinski definition) is 6. The summed E-state index contributed by atoms with van der Waals surface area (Å²) in [5, 5.41) is 3.48. The molecule has 362 valence electrons. The van der Waals surface area contributed by atoms with Gasteiger partial charge in [0.05, 0.1) is 62.3 Å². The predicted molar refractivity (Wildman–Crippen MR) is 305 cm³/mol. The number of para-hydroxylation sites is 8. The molecule has 6 nitrogen and oxygen atoms in total. The van der Waals surface area contributed by atoms with Crippen molar-refractivity contribution in [3.8, 4) is 44.5 Å². The van der Waals surface area contributed by atoms with Crippen LogP contribution in [-0.2, 0) is 0 Å². The standard InChI is InChI=1S/C32H24N2O.C17H9FO.C15H16N2.2CH4.H2/c1-20(2)33-25-14-6-8-16-27(25)34(28-17-9-7-15-26(28)33)29-18-10-13-23-24-19-21-11-4-3-5-12-22(21)30(24)32(35)31(23)29;18-14-8-4-7-12-13-9-10-5-2-1-3-6-11(10)15(13)17(19)16(12)14;1-11(2)17-14-9-5-3-7-12(14)16-13-8-4-6-10-15(13)17;;;/h3-20H,1-2H3;1-9H;3-11,16H,1-2H3;2*1H4;1H/i;;;;;1+1D. The number of benzene rings is 6. The van der Waals surface area contributed by atoms with Gasteiger partial charge >= 0.3 is 0 Å². The molecule has 73 heavy (non-hydrogen) atoms. The molecule has 0 fully saturated rings. The Kier molecular flexibility index (Phi) is 12.2. The lowest BCUT2D eigenvalue weighted by molar-refractivity contribution is 0.103. The fraction of sp³-hybridized carbons (Fsp3) is 0.121. The average Bonchev–Trinajstić information content (AvgIpc) is 4.00. The minimum absolute atomic E-state index is 0. The van der Waals surface area contributed by atoms with Gasteiger partial charge in [0, 0.05) is 26.2 Å². The molecule has 7 heteroatoms. The van der Waals surface area contributed by atoms with Crippen LogP contribution in [-0.4, -0.2) is 23.7 Å². The smallest absolute Gasteiger partial charge is 0.197 e. The SMILES string of the molecule is C.C.CC(C)N1c2ccccc2N(c2cccc3c2C(=O)c2c4cccccc-4cc2-3)c2ccccc21.CC(C)N1c2ccccc2Nc2ccccc21.O=C1c2c(F)cccc2-c2cc3cccccc-3c21.[2H][2H]. The normalized spacial score (nSPS) is 12.9. The molecule has 0 spiro atoms. The number of fused-ring (bicyclic) bond motifs is 14. The maximum Gasteiger partial charge on any atom is 0.197 e. The van der Waals surface area contributed by atoms with E-state index in [0.29, 0.717) is 23.2 Å². The van der Waals surface area contributed by atoms with Crippen molar-refractivity contribution in [2.45, 2.75) is 54.6 Å². The highest BCUT2D eigenvalue weighted by molar-refractivity contribution is 6.29. The molecule has 8 aliphatic rings. The van der Waals surface area contributed by atoms with Gasteiger partial charge in [-0.3, -0.25) is 9.59 Å². The van der Waals surface area contributed by atoms with Gasteiger partial charge in [-0.2, -0.15) is 0 Å². The van der Waals surface area contributed by atoms with E-state index in [4.69, 9.17) is 2.97 Å². The predicted octanol–water partition coefficient (Wildman–Crippen LogP) is 18.3. The summed E-state index contributed by atoms with van der Waals surface area (Å²) in [7, 11) is 0. The van der Waals surface area contributed by atoms with Crippen LogP contribution >= 0.6 is 0 Å². The molecule has 0 amide bonds. The lowest BCUT2D eigenvalue weighted by Crippen LogP contribution is -2.32. The molecule has 0 atom stereocenters. The second-order valence-electron chi connectivity index (χ2n) is 18.8. The fourth-order valence-electron chi connectivity index (χ4n) is 11.1. The third-order valence-corrected chi connectivity index (χ3v) is 14.0. The molecule has 0 radical (unpaired) electrons. The number of nitrogens with zero attached hydrogens (tertiary/aromatic N) is 3. The van der Waals surface area contributed by atoms with Gasteiger partial charge in [0.15, 0.2) is 11.6 Å². The van der Waals surface area contributed by atoms with E-state index in [2.05, 4.69) is 181 Å². The molecule has 6 aliphatic carbocycles. The summed E-state index contributed by atoms with van der Waals surface area (Å²) in [6.07, 6.45) is 0.